The van der Waals surface area contributed by atoms with Crippen molar-refractivity contribution in [2.75, 3.05) is 33.8 Å². The number of carbonyl (C=O) groups excluding carboxylic acids is 2. The lowest BCUT2D eigenvalue weighted by atomic mass is 10.1. The van der Waals surface area contributed by atoms with E-state index in [0.29, 0.717) is 11.1 Å². The van der Waals surface area contributed by atoms with Crippen molar-refractivity contribution in [3.8, 4) is 0 Å². The summed E-state index contributed by atoms with van der Waals surface area (Å²) in [7, 11) is 2.82. The van der Waals surface area contributed by atoms with Crippen molar-refractivity contribution >= 4 is 18.0 Å². The number of benzene rings is 1. The van der Waals surface area contributed by atoms with E-state index in [1.165, 1.54) is 26.2 Å². The topological polar surface area (TPSA) is 58.6 Å². The van der Waals surface area contributed by atoms with Gasteiger partial charge in [-0.1, -0.05) is 12.1 Å². The van der Waals surface area contributed by atoms with Gasteiger partial charge in [0.05, 0.1) is 6.54 Å². The number of ether oxygens (including phenoxy) is 1. The molecule has 0 aliphatic heterocycles. The predicted molar refractivity (Wildman–Crippen MR) is 83.4 cm³/mol. The van der Waals surface area contributed by atoms with Gasteiger partial charge in [-0.05, 0) is 30.8 Å². The van der Waals surface area contributed by atoms with E-state index in [2.05, 4.69) is 5.32 Å². The molecule has 132 valence electrons. The van der Waals surface area contributed by atoms with Crippen LogP contribution in [0.2, 0.25) is 0 Å². The zero-order valence-corrected chi connectivity index (χ0v) is 13.4. The minimum absolute atomic E-state index is 0.0140. The van der Waals surface area contributed by atoms with Crippen molar-refractivity contribution in [1.29, 1.82) is 0 Å². The van der Waals surface area contributed by atoms with Crippen molar-refractivity contribution in [3.63, 3.8) is 0 Å². The summed E-state index contributed by atoms with van der Waals surface area (Å²) in [5.74, 6) is -0.862. The molecule has 1 amide bonds. The summed E-state index contributed by atoms with van der Waals surface area (Å²) in [6.45, 7) is -1.21. The summed E-state index contributed by atoms with van der Waals surface area (Å²) < 4.78 is 41.2. The maximum atomic E-state index is 12.1. The van der Waals surface area contributed by atoms with Gasteiger partial charge < -0.3 is 10.1 Å². The Morgan fingerprint density at radius 3 is 2.42 bits per heavy atom. The molecule has 24 heavy (non-hydrogen) atoms. The van der Waals surface area contributed by atoms with Crippen LogP contribution in [0.1, 0.15) is 15.9 Å². The third kappa shape index (κ3) is 7.77. The molecular formula is C16H19F3N2O3. The van der Waals surface area contributed by atoms with Crippen molar-refractivity contribution in [2.45, 2.75) is 6.18 Å². The molecule has 0 saturated heterocycles. The highest BCUT2D eigenvalue weighted by atomic mass is 19.4. The van der Waals surface area contributed by atoms with Crippen molar-refractivity contribution < 1.29 is 27.5 Å². The summed E-state index contributed by atoms with van der Waals surface area (Å²) in [5, 5.41) is 2.49. The second-order valence-corrected chi connectivity index (χ2v) is 5.05. The van der Waals surface area contributed by atoms with E-state index in [9.17, 15) is 22.8 Å². The highest BCUT2D eigenvalue weighted by molar-refractivity contribution is 5.94. The number of nitrogens with zero attached hydrogens (tertiary/aromatic N) is 1. The van der Waals surface area contributed by atoms with Crippen molar-refractivity contribution in [1.82, 2.24) is 10.2 Å². The minimum atomic E-state index is -4.28. The molecule has 5 nitrogen and oxygen atoms in total. The Kier molecular flexibility index (Phi) is 7.44. The Hall–Kier alpha value is -2.35. The number of alkyl halides is 3. The quantitative estimate of drug-likeness (QED) is 0.608. The highest BCUT2D eigenvalue weighted by Crippen LogP contribution is 2.15. The van der Waals surface area contributed by atoms with Crippen LogP contribution in [0, 0.1) is 0 Å². The number of amides is 1. The second kappa shape index (κ2) is 9.07. The van der Waals surface area contributed by atoms with E-state index in [1.54, 1.807) is 24.3 Å². The maximum absolute atomic E-state index is 12.1. The first kappa shape index (κ1) is 19.7. The number of esters is 1. The van der Waals surface area contributed by atoms with Gasteiger partial charge in [-0.15, -0.1) is 0 Å². The average Bonchev–Trinajstić information content (AvgIpc) is 2.51. The predicted octanol–water partition coefficient (Wildman–Crippen LogP) is 2.10. The van der Waals surface area contributed by atoms with Crippen LogP contribution in [0.3, 0.4) is 0 Å². The Morgan fingerprint density at radius 1 is 1.25 bits per heavy atom. The maximum Gasteiger partial charge on any atom is 0.401 e. The fourth-order valence-corrected chi connectivity index (χ4v) is 1.79. The lowest BCUT2D eigenvalue weighted by molar-refractivity contribution is -0.146. The molecule has 0 unspecified atom stereocenters. The molecule has 0 aliphatic carbocycles. The average molecular weight is 344 g/mol. The summed E-state index contributed by atoms with van der Waals surface area (Å²) in [6, 6.07) is 6.53. The van der Waals surface area contributed by atoms with E-state index in [4.69, 9.17) is 4.74 Å². The van der Waals surface area contributed by atoms with Gasteiger partial charge in [0.1, 0.15) is 6.61 Å². The molecule has 1 rings (SSSR count). The number of nitrogens with one attached hydrogen (secondary N) is 1. The van der Waals surface area contributed by atoms with Gasteiger partial charge in [0, 0.05) is 25.2 Å². The molecule has 0 aliphatic rings. The fourth-order valence-electron chi connectivity index (χ4n) is 1.79. The molecule has 0 radical (unpaired) electrons. The van der Waals surface area contributed by atoms with Crippen molar-refractivity contribution in [3.05, 3.63) is 41.5 Å². The first-order valence-corrected chi connectivity index (χ1v) is 7.13. The number of rotatable bonds is 7. The molecule has 0 saturated carbocycles. The number of hydrogen-bond acceptors (Lipinski definition) is 4. The zero-order valence-electron chi connectivity index (χ0n) is 13.4. The van der Waals surface area contributed by atoms with Gasteiger partial charge in [0.25, 0.3) is 5.91 Å². The molecular weight excluding hydrogens is 325 g/mol. The molecule has 1 N–H and O–H groups in total. The van der Waals surface area contributed by atoms with Crippen LogP contribution < -0.4 is 5.32 Å². The smallest absolute Gasteiger partial charge is 0.401 e. The van der Waals surface area contributed by atoms with Crippen LogP contribution in [0.4, 0.5) is 13.2 Å². The SMILES string of the molecule is CNC(=O)c1ccc(C=CC(=O)OCCN(C)CC(F)(F)F)cc1. The van der Waals surface area contributed by atoms with E-state index in [0.717, 1.165) is 4.90 Å². The van der Waals surface area contributed by atoms with E-state index >= 15 is 0 Å². The van der Waals surface area contributed by atoms with Crippen LogP contribution in [-0.4, -0.2) is 56.7 Å². The summed E-state index contributed by atoms with van der Waals surface area (Å²) in [6.07, 6.45) is -1.60. The van der Waals surface area contributed by atoms with E-state index < -0.39 is 18.7 Å². The van der Waals surface area contributed by atoms with E-state index in [-0.39, 0.29) is 19.1 Å². The molecule has 1 aromatic rings. The summed E-state index contributed by atoms with van der Waals surface area (Å²) in [5.41, 5.74) is 1.18. The monoisotopic (exact) mass is 344 g/mol. The van der Waals surface area contributed by atoms with Crippen molar-refractivity contribution in [2.24, 2.45) is 0 Å². The largest absolute Gasteiger partial charge is 0.461 e. The standard InChI is InChI=1S/C16H19F3N2O3/c1-20-15(23)13-6-3-12(4-7-13)5-8-14(22)24-10-9-21(2)11-16(17,18)19/h3-8H,9-11H2,1-2H3,(H,20,23). The van der Waals surface area contributed by atoms with Crippen LogP contribution >= 0.6 is 0 Å². The first-order valence-electron chi connectivity index (χ1n) is 7.13. The van der Waals surface area contributed by atoms with Gasteiger partial charge in [-0.3, -0.25) is 9.69 Å². The molecule has 0 fully saturated rings. The Balaban J connectivity index is 2.39. The number of hydrogen-bond donors (Lipinski definition) is 1. The second-order valence-electron chi connectivity index (χ2n) is 5.05. The normalized spacial score (nSPS) is 11.8. The highest BCUT2D eigenvalue weighted by Gasteiger charge is 2.28. The van der Waals surface area contributed by atoms with Gasteiger partial charge in [0.15, 0.2) is 0 Å². The lowest BCUT2D eigenvalue weighted by Gasteiger charge is -2.17. The van der Waals surface area contributed by atoms with Crippen LogP contribution in [0.25, 0.3) is 6.08 Å². The number of likely N-dealkylation sites (N-methyl/N-ethyl adjacent to an activating group) is 1. The van der Waals surface area contributed by atoms with Gasteiger partial charge >= 0.3 is 12.1 Å². The van der Waals surface area contributed by atoms with Crippen LogP contribution in [-0.2, 0) is 9.53 Å². The Morgan fingerprint density at radius 2 is 1.88 bits per heavy atom. The van der Waals surface area contributed by atoms with Gasteiger partial charge in [0.2, 0.25) is 0 Å². The molecule has 0 heterocycles. The summed E-state index contributed by atoms with van der Waals surface area (Å²) >= 11 is 0. The third-order valence-corrected chi connectivity index (χ3v) is 2.98. The lowest BCUT2D eigenvalue weighted by Crippen LogP contribution is -2.33. The third-order valence-electron chi connectivity index (χ3n) is 2.98. The van der Waals surface area contributed by atoms with Crippen LogP contribution in [0.5, 0.6) is 0 Å². The molecule has 1 aromatic carbocycles. The molecule has 0 atom stereocenters. The Labute approximate surface area is 138 Å². The molecule has 0 aromatic heterocycles. The zero-order chi connectivity index (χ0) is 18.2. The Bertz CT molecular complexity index is 583. The molecule has 0 bridgehead atoms. The molecule has 8 heteroatoms. The minimum Gasteiger partial charge on any atom is -0.461 e. The molecule has 0 spiro atoms. The number of carbonyl (C=O) groups is 2. The number of halogens is 3. The fraction of sp³-hybridized carbons (Fsp3) is 0.375. The van der Waals surface area contributed by atoms with Gasteiger partial charge in [-0.2, -0.15) is 13.2 Å². The van der Waals surface area contributed by atoms with E-state index in [1.807, 2.05) is 0 Å². The van der Waals surface area contributed by atoms with Crippen LogP contribution in [0.15, 0.2) is 30.3 Å². The first-order chi connectivity index (χ1) is 11.2. The van der Waals surface area contributed by atoms with Gasteiger partial charge in [-0.25, -0.2) is 4.79 Å². The summed E-state index contributed by atoms with van der Waals surface area (Å²) in [4.78, 5) is 23.9.